The molecule has 4 aromatic rings. The number of alkyl halides is 2. The first-order valence-electron chi connectivity index (χ1n) is 28.2. The number of carbonyl (C=O) groups is 5. The molecule has 7 rings (SSSR count). The number of cyclic esters (lactones) is 1. The van der Waals surface area contributed by atoms with Gasteiger partial charge in [0.15, 0.2) is 11.5 Å². The van der Waals surface area contributed by atoms with E-state index in [1.165, 1.54) is 52.7 Å². The number of nitrogens with one attached hydrogen (secondary N) is 4. The number of ether oxygens (including phenoxy) is 4. The molecule has 426 valence electrons. The van der Waals surface area contributed by atoms with Crippen molar-refractivity contribution in [3.05, 3.63) is 83.0 Å². The molecule has 3 aliphatic rings. The van der Waals surface area contributed by atoms with E-state index in [4.69, 9.17) is 53.6 Å². The lowest BCUT2D eigenvalue weighted by Gasteiger charge is -2.36. The van der Waals surface area contributed by atoms with Crippen molar-refractivity contribution < 1.29 is 42.9 Å². The fourth-order valence-electron chi connectivity index (χ4n) is 11.5. The predicted molar refractivity (Wildman–Crippen MR) is 306 cm³/mol. The normalized spacial score (nSPS) is 18.1. The molecule has 1 saturated heterocycles. The molecule has 0 radical (unpaired) electrons. The fourth-order valence-corrected chi connectivity index (χ4v) is 11.9. The van der Waals surface area contributed by atoms with Crippen LogP contribution in [0.1, 0.15) is 150 Å². The number of benzene rings is 3. The zero-order chi connectivity index (χ0) is 55.4. The van der Waals surface area contributed by atoms with E-state index in [0.717, 1.165) is 71.9 Å². The van der Waals surface area contributed by atoms with Gasteiger partial charge < -0.3 is 56.2 Å². The summed E-state index contributed by atoms with van der Waals surface area (Å²) >= 11 is 12.0. The Balaban J connectivity index is 0.955. The molecule has 1 aromatic heterocycles. The van der Waals surface area contributed by atoms with E-state index in [2.05, 4.69) is 31.9 Å². The van der Waals surface area contributed by atoms with Crippen molar-refractivity contribution in [3.63, 3.8) is 0 Å². The molecule has 8 N–H and O–H groups in total. The SMILES string of the molecule is COc1cc([C@@H]2c3[nH]c4ccccc4c3CC3COC(=O)N32)cc(OC)c1OC(=O)NCCCC[C@H](NC(=O)CCCc1ccc(N(CCCl)CCCl)cc1)C(=O)N[C@H](CCCCC1(N)CCCCCCCCCC1)C(N)=O. The Morgan fingerprint density at radius 3 is 2.13 bits per heavy atom. The smallest absolute Gasteiger partial charge is 0.412 e. The summed E-state index contributed by atoms with van der Waals surface area (Å²) in [5, 5.41) is 9.65. The molecule has 1 aliphatic carbocycles. The average molecular weight is 1120 g/mol. The third-order valence-corrected chi connectivity index (χ3v) is 16.1. The number of primary amides is 1. The van der Waals surface area contributed by atoms with Crippen molar-refractivity contribution in [2.45, 2.75) is 165 Å². The lowest BCUT2D eigenvalue weighted by atomic mass is 9.83. The highest BCUT2D eigenvalue weighted by Gasteiger charge is 2.46. The van der Waals surface area contributed by atoms with Gasteiger partial charge in [-0.3, -0.25) is 19.3 Å². The first kappa shape index (κ1) is 59.7. The molecule has 2 aliphatic heterocycles. The number of anilines is 1. The number of hydrogen-bond donors (Lipinski definition) is 6. The summed E-state index contributed by atoms with van der Waals surface area (Å²) in [6.45, 7) is 1.80. The fraction of sp³-hybridized carbons (Fsp3) is 0.576. The maximum Gasteiger partial charge on any atom is 0.412 e. The number of H-pyrrole nitrogens is 1. The second-order valence-corrected chi connectivity index (χ2v) is 22.0. The molecule has 19 heteroatoms. The Labute approximate surface area is 469 Å². The maximum atomic E-state index is 14.0. The van der Waals surface area contributed by atoms with Crippen LogP contribution in [0, 0.1) is 0 Å². The number of carbonyl (C=O) groups excluding carboxylic acids is 5. The number of aromatic amines is 1. The van der Waals surface area contributed by atoms with Crippen LogP contribution in [0.3, 0.4) is 0 Å². The van der Waals surface area contributed by atoms with Crippen molar-refractivity contribution >= 4 is 69.7 Å². The molecule has 1 saturated carbocycles. The van der Waals surface area contributed by atoms with E-state index < -0.39 is 42.1 Å². The number of aryl methyl sites for hydroxylation is 1. The van der Waals surface area contributed by atoms with Crippen molar-refractivity contribution in [1.82, 2.24) is 25.8 Å². The Kier molecular flexibility index (Phi) is 22.9. The number of rotatable bonds is 27. The lowest BCUT2D eigenvalue weighted by Crippen LogP contribution is -2.53. The molecule has 17 nitrogen and oxygen atoms in total. The van der Waals surface area contributed by atoms with Crippen LogP contribution in [0.2, 0.25) is 0 Å². The van der Waals surface area contributed by atoms with Gasteiger partial charge in [0.2, 0.25) is 23.5 Å². The van der Waals surface area contributed by atoms with Crippen molar-refractivity contribution in [2.75, 3.05) is 57.1 Å². The topological polar surface area (TPSA) is 233 Å². The number of hydrogen-bond acceptors (Lipinski definition) is 11. The molecule has 0 bridgehead atoms. The second kappa shape index (κ2) is 29.9. The van der Waals surface area contributed by atoms with Gasteiger partial charge in [0.05, 0.1) is 20.3 Å². The van der Waals surface area contributed by atoms with E-state index in [9.17, 15) is 24.0 Å². The van der Waals surface area contributed by atoms with E-state index in [1.54, 1.807) is 17.0 Å². The molecule has 0 spiro atoms. The molecule has 3 aromatic carbocycles. The van der Waals surface area contributed by atoms with Crippen LogP contribution in [-0.4, -0.2) is 116 Å². The highest BCUT2D eigenvalue weighted by Crippen LogP contribution is 2.47. The average Bonchev–Trinajstić information content (AvgIpc) is 4.01. The highest BCUT2D eigenvalue weighted by atomic mass is 35.5. The van der Waals surface area contributed by atoms with Gasteiger partial charge in [0.1, 0.15) is 24.7 Å². The second-order valence-electron chi connectivity index (χ2n) is 21.3. The predicted octanol–water partition coefficient (Wildman–Crippen LogP) is 9.84. The van der Waals surface area contributed by atoms with Crippen molar-refractivity contribution in [2.24, 2.45) is 11.5 Å². The molecular weight excluding hydrogens is 1040 g/mol. The summed E-state index contributed by atoms with van der Waals surface area (Å²) in [5.41, 5.74) is 18.3. The molecular formula is C59H82Cl2N8O9. The third kappa shape index (κ3) is 16.3. The number of para-hydroxylation sites is 1. The summed E-state index contributed by atoms with van der Waals surface area (Å²) in [4.78, 5) is 74.4. The molecule has 4 atom stereocenters. The van der Waals surface area contributed by atoms with Crippen LogP contribution in [-0.2, 0) is 32.0 Å². The zero-order valence-electron chi connectivity index (χ0n) is 45.7. The number of nitrogens with zero attached hydrogens (tertiary/aromatic N) is 2. The van der Waals surface area contributed by atoms with Crippen LogP contribution >= 0.6 is 23.2 Å². The Morgan fingerprint density at radius 2 is 1.47 bits per heavy atom. The molecule has 2 fully saturated rings. The number of amides is 5. The minimum absolute atomic E-state index is 0.0506. The summed E-state index contributed by atoms with van der Waals surface area (Å²) in [5.74, 6) is 0.0166. The standard InChI is InChI=1S/C59H82Cl2N8O9/c1-75-49-36-41(53-52-45(38-43-39-77-58(74)69(43)53)44-19-9-10-20-46(44)66-52)37-50(76-2)54(49)78-57(73)64-33-16-12-22-48(65-51(70)23-17-18-40-24-26-42(27-25-40)68(34-31-60)35-32-61)56(72)67-47(55(62)71)21-11-15-30-59(63)28-13-7-5-3-4-6-8-14-29-59/h9-10,19-20,24-27,36-37,43,47-48,53,66H,3-8,11-18,21-23,28-35,38-39,63H2,1-2H3,(H2,62,71)(H,64,73)(H,65,70)(H,67,72)/t43?,47-,48+,53-/m1/s1. The van der Waals surface area contributed by atoms with Gasteiger partial charge in [0.25, 0.3) is 0 Å². The summed E-state index contributed by atoms with van der Waals surface area (Å²) < 4.78 is 22.9. The monoisotopic (exact) mass is 1120 g/mol. The van der Waals surface area contributed by atoms with E-state index in [-0.39, 0.29) is 60.7 Å². The number of methoxy groups -OCH3 is 2. The van der Waals surface area contributed by atoms with Gasteiger partial charge in [0, 0.05) is 65.6 Å². The minimum Gasteiger partial charge on any atom is -0.493 e. The van der Waals surface area contributed by atoms with Crippen LogP contribution in [0.5, 0.6) is 17.2 Å². The van der Waals surface area contributed by atoms with Crippen LogP contribution in [0.25, 0.3) is 10.9 Å². The Bertz CT molecular complexity index is 2570. The molecule has 78 heavy (non-hydrogen) atoms. The van der Waals surface area contributed by atoms with Gasteiger partial charge in [-0.1, -0.05) is 94.5 Å². The Morgan fingerprint density at radius 1 is 0.833 bits per heavy atom. The van der Waals surface area contributed by atoms with Gasteiger partial charge in [-0.25, -0.2) is 9.59 Å². The minimum atomic E-state index is -0.964. The first-order chi connectivity index (χ1) is 37.8. The van der Waals surface area contributed by atoms with Gasteiger partial charge in [-0.2, -0.15) is 0 Å². The summed E-state index contributed by atoms with van der Waals surface area (Å²) in [7, 11) is 2.92. The molecule has 5 amide bonds. The number of nitrogens with two attached hydrogens (primary N) is 2. The molecule has 1 unspecified atom stereocenters. The molecule has 3 heterocycles. The number of fused-ring (bicyclic) bond motifs is 4. The first-order valence-corrected chi connectivity index (χ1v) is 29.3. The van der Waals surface area contributed by atoms with Gasteiger partial charge >= 0.3 is 12.2 Å². The van der Waals surface area contributed by atoms with Crippen LogP contribution in [0.4, 0.5) is 15.3 Å². The largest absolute Gasteiger partial charge is 0.493 e. The van der Waals surface area contributed by atoms with Crippen LogP contribution < -0.4 is 46.5 Å². The third-order valence-electron chi connectivity index (χ3n) is 15.7. The van der Waals surface area contributed by atoms with Crippen molar-refractivity contribution in [3.8, 4) is 17.2 Å². The number of halogens is 2. The lowest BCUT2D eigenvalue weighted by molar-refractivity contribution is -0.131. The van der Waals surface area contributed by atoms with Gasteiger partial charge in [-0.05, 0) is 111 Å². The van der Waals surface area contributed by atoms with E-state index in [0.29, 0.717) is 75.4 Å². The van der Waals surface area contributed by atoms with Gasteiger partial charge in [-0.15, -0.1) is 23.2 Å². The highest BCUT2D eigenvalue weighted by molar-refractivity contribution is 6.18. The summed E-state index contributed by atoms with van der Waals surface area (Å²) in [6, 6.07) is 17.0. The van der Waals surface area contributed by atoms with E-state index >= 15 is 0 Å². The van der Waals surface area contributed by atoms with Crippen LogP contribution in [0.15, 0.2) is 60.7 Å². The maximum absolute atomic E-state index is 14.0. The Hall–Kier alpha value is -5.91. The van der Waals surface area contributed by atoms with E-state index in [1.807, 2.05) is 42.5 Å². The summed E-state index contributed by atoms with van der Waals surface area (Å²) in [6.07, 6.45) is 16.3. The van der Waals surface area contributed by atoms with Crippen molar-refractivity contribution in [1.29, 1.82) is 0 Å². The number of unbranched alkanes of at least 4 members (excludes halogenated alkanes) is 2. The zero-order valence-corrected chi connectivity index (χ0v) is 47.2. The quantitative estimate of drug-likeness (QED) is 0.0243. The number of aromatic nitrogens is 1.